The molecule has 3 rings (SSSR count). The summed E-state index contributed by atoms with van der Waals surface area (Å²) >= 11 is 0. The van der Waals surface area contributed by atoms with Crippen molar-refractivity contribution >= 4 is 17.8 Å². The highest BCUT2D eigenvalue weighted by atomic mass is 16.5. The molecule has 0 unspecified atom stereocenters. The van der Waals surface area contributed by atoms with Crippen LogP contribution in [0.5, 0.6) is 0 Å². The zero-order valence-electron chi connectivity index (χ0n) is 17.9. The van der Waals surface area contributed by atoms with Crippen LogP contribution in [0.25, 0.3) is 0 Å². The number of amides is 2. The van der Waals surface area contributed by atoms with Crippen LogP contribution in [0.1, 0.15) is 33.2 Å². The lowest BCUT2D eigenvalue weighted by atomic mass is 10.1. The van der Waals surface area contributed by atoms with Crippen LogP contribution in [0.2, 0.25) is 0 Å². The highest BCUT2D eigenvalue weighted by Gasteiger charge is 2.24. The molecule has 2 amide bonds. The standard InChI is InChI=1S/C26H26N2O4/c1-19(27-24(29)21-13-7-3-8-14-21)18-32-26(31)23(17-20-11-5-2-6-12-20)28-25(30)22-15-9-4-10-16-22/h2-16,19,23H,17-18H2,1H3,(H,27,29)(H,28,30)/t19-,23-/m1/s1. The van der Waals surface area contributed by atoms with E-state index in [4.69, 9.17) is 4.74 Å². The fourth-order valence-corrected chi connectivity index (χ4v) is 3.12. The van der Waals surface area contributed by atoms with Gasteiger partial charge in [-0.25, -0.2) is 4.79 Å². The molecule has 0 radical (unpaired) electrons. The normalized spacial score (nSPS) is 12.3. The smallest absolute Gasteiger partial charge is 0.329 e. The Labute approximate surface area is 187 Å². The number of benzene rings is 3. The molecule has 0 aliphatic heterocycles. The minimum Gasteiger partial charge on any atom is -0.462 e. The van der Waals surface area contributed by atoms with Crippen LogP contribution < -0.4 is 10.6 Å². The summed E-state index contributed by atoms with van der Waals surface area (Å²) in [5, 5.41) is 5.57. The highest BCUT2D eigenvalue weighted by molar-refractivity contribution is 5.97. The Hall–Kier alpha value is -3.93. The molecule has 3 aromatic carbocycles. The van der Waals surface area contributed by atoms with Crippen molar-refractivity contribution in [2.45, 2.75) is 25.4 Å². The monoisotopic (exact) mass is 430 g/mol. The van der Waals surface area contributed by atoms with Crippen LogP contribution in [0.3, 0.4) is 0 Å². The molecule has 0 spiro atoms. The van der Waals surface area contributed by atoms with Crippen LogP contribution in [-0.4, -0.2) is 36.5 Å². The van der Waals surface area contributed by atoms with E-state index in [-0.39, 0.29) is 18.4 Å². The first kappa shape index (κ1) is 22.7. The van der Waals surface area contributed by atoms with E-state index in [1.165, 1.54) is 0 Å². The lowest BCUT2D eigenvalue weighted by Crippen LogP contribution is -2.45. The first-order valence-electron chi connectivity index (χ1n) is 10.5. The fourth-order valence-electron chi connectivity index (χ4n) is 3.12. The summed E-state index contributed by atoms with van der Waals surface area (Å²) < 4.78 is 5.44. The van der Waals surface area contributed by atoms with E-state index in [0.717, 1.165) is 5.56 Å². The number of rotatable bonds is 9. The Morgan fingerprint density at radius 3 is 1.72 bits per heavy atom. The summed E-state index contributed by atoms with van der Waals surface area (Å²) in [4.78, 5) is 37.7. The van der Waals surface area contributed by atoms with Crippen molar-refractivity contribution in [3.05, 3.63) is 108 Å². The molecule has 32 heavy (non-hydrogen) atoms. The SMILES string of the molecule is C[C@H](COC(=O)[C@@H](Cc1ccccc1)NC(=O)c1ccccc1)NC(=O)c1ccccc1. The molecule has 6 heteroatoms. The number of carbonyl (C=O) groups excluding carboxylic acids is 3. The number of esters is 1. The van der Waals surface area contributed by atoms with Gasteiger partial charge in [0.25, 0.3) is 11.8 Å². The molecule has 0 aromatic heterocycles. The molecule has 0 saturated heterocycles. The van der Waals surface area contributed by atoms with Crippen molar-refractivity contribution in [3.8, 4) is 0 Å². The second-order valence-electron chi connectivity index (χ2n) is 7.45. The van der Waals surface area contributed by atoms with Crippen molar-refractivity contribution in [3.63, 3.8) is 0 Å². The lowest BCUT2D eigenvalue weighted by molar-refractivity contribution is -0.146. The fraction of sp³-hybridized carbons (Fsp3) is 0.192. The summed E-state index contributed by atoms with van der Waals surface area (Å²) in [7, 11) is 0. The third-order valence-corrected chi connectivity index (χ3v) is 4.80. The quantitative estimate of drug-likeness (QED) is 0.510. The van der Waals surface area contributed by atoms with Crippen LogP contribution in [0, 0.1) is 0 Å². The molecule has 0 saturated carbocycles. The van der Waals surface area contributed by atoms with Crippen LogP contribution in [0.4, 0.5) is 0 Å². The maximum Gasteiger partial charge on any atom is 0.329 e. The molecule has 6 nitrogen and oxygen atoms in total. The Kier molecular flexibility index (Phi) is 8.15. The zero-order valence-corrected chi connectivity index (χ0v) is 17.9. The van der Waals surface area contributed by atoms with E-state index in [2.05, 4.69) is 10.6 Å². The number of nitrogens with one attached hydrogen (secondary N) is 2. The largest absolute Gasteiger partial charge is 0.462 e. The maximum atomic E-state index is 12.8. The maximum absolute atomic E-state index is 12.8. The van der Waals surface area contributed by atoms with E-state index in [0.29, 0.717) is 17.5 Å². The average molecular weight is 431 g/mol. The molecule has 2 atom stereocenters. The van der Waals surface area contributed by atoms with Gasteiger partial charge < -0.3 is 15.4 Å². The Morgan fingerprint density at radius 1 is 0.719 bits per heavy atom. The number of hydrogen-bond acceptors (Lipinski definition) is 4. The van der Waals surface area contributed by atoms with Gasteiger partial charge in [-0.15, -0.1) is 0 Å². The molecule has 164 valence electrons. The summed E-state index contributed by atoms with van der Waals surface area (Å²) in [6, 6.07) is 25.7. The van der Waals surface area contributed by atoms with E-state index in [9.17, 15) is 14.4 Å². The van der Waals surface area contributed by atoms with Crippen LogP contribution in [-0.2, 0) is 16.0 Å². The number of ether oxygens (including phenoxy) is 1. The minimum absolute atomic E-state index is 0.0100. The van der Waals surface area contributed by atoms with Crippen molar-refractivity contribution < 1.29 is 19.1 Å². The minimum atomic E-state index is -0.859. The van der Waals surface area contributed by atoms with Gasteiger partial charge in [0.2, 0.25) is 0 Å². The third kappa shape index (κ3) is 6.80. The van der Waals surface area contributed by atoms with Gasteiger partial charge in [-0.1, -0.05) is 66.7 Å². The average Bonchev–Trinajstić information content (AvgIpc) is 2.83. The molecule has 3 aromatic rings. The van der Waals surface area contributed by atoms with E-state index in [1.54, 1.807) is 55.5 Å². The molecule has 0 bridgehead atoms. The summed E-state index contributed by atoms with van der Waals surface area (Å²) in [6.07, 6.45) is 0.295. The van der Waals surface area contributed by atoms with Gasteiger partial charge >= 0.3 is 5.97 Å². The van der Waals surface area contributed by atoms with Gasteiger partial charge in [0.15, 0.2) is 0 Å². The number of carbonyl (C=O) groups is 3. The topological polar surface area (TPSA) is 84.5 Å². The second-order valence-corrected chi connectivity index (χ2v) is 7.45. The van der Waals surface area contributed by atoms with Gasteiger partial charge in [0.1, 0.15) is 12.6 Å². The predicted molar refractivity (Wildman–Crippen MR) is 122 cm³/mol. The Balaban J connectivity index is 1.61. The van der Waals surface area contributed by atoms with Crippen molar-refractivity contribution in [1.29, 1.82) is 0 Å². The lowest BCUT2D eigenvalue weighted by Gasteiger charge is -2.20. The molecule has 0 fully saturated rings. The summed E-state index contributed by atoms with van der Waals surface area (Å²) in [5.41, 5.74) is 1.89. The molecule has 0 heterocycles. The molecule has 0 aliphatic rings. The van der Waals surface area contributed by atoms with Crippen LogP contribution >= 0.6 is 0 Å². The zero-order chi connectivity index (χ0) is 22.8. The predicted octanol–water partition coefficient (Wildman–Crippen LogP) is 3.39. The van der Waals surface area contributed by atoms with Gasteiger partial charge in [-0.05, 0) is 36.8 Å². The molecular weight excluding hydrogens is 404 g/mol. The van der Waals surface area contributed by atoms with Gasteiger partial charge in [-0.2, -0.15) is 0 Å². The van der Waals surface area contributed by atoms with Crippen molar-refractivity contribution in [2.75, 3.05) is 6.61 Å². The first-order chi connectivity index (χ1) is 15.5. The second kappa shape index (κ2) is 11.5. The van der Waals surface area contributed by atoms with E-state index >= 15 is 0 Å². The van der Waals surface area contributed by atoms with Crippen LogP contribution in [0.15, 0.2) is 91.0 Å². The Morgan fingerprint density at radius 2 is 1.19 bits per heavy atom. The molecule has 0 aliphatic carbocycles. The van der Waals surface area contributed by atoms with E-state index in [1.807, 2.05) is 42.5 Å². The summed E-state index contributed by atoms with van der Waals surface area (Å²) in [5.74, 6) is -1.15. The Bertz CT molecular complexity index is 1020. The third-order valence-electron chi connectivity index (χ3n) is 4.80. The first-order valence-corrected chi connectivity index (χ1v) is 10.5. The summed E-state index contributed by atoms with van der Waals surface area (Å²) in [6.45, 7) is 1.74. The van der Waals surface area contributed by atoms with Crippen molar-refractivity contribution in [2.24, 2.45) is 0 Å². The van der Waals surface area contributed by atoms with Gasteiger partial charge in [0, 0.05) is 17.5 Å². The number of hydrogen-bond donors (Lipinski definition) is 2. The van der Waals surface area contributed by atoms with E-state index < -0.39 is 18.1 Å². The molecule has 2 N–H and O–H groups in total. The molecular formula is C26H26N2O4. The highest BCUT2D eigenvalue weighted by Crippen LogP contribution is 2.07. The van der Waals surface area contributed by atoms with Crippen molar-refractivity contribution in [1.82, 2.24) is 10.6 Å². The van der Waals surface area contributed by atoms with Gasteiger partial charge in [0.05, 0.1) is 6.04 Å². The van der Waals surface area contributed by atoms with Gasteiger partial charge in [-0.3, -0.25) is 9.59 Å².